The molecular weight excluding hydrogens is 287 g/mol. The molecule has 0 radical (unpaired) electrons. The van der Waals surface area contributed by atoms with Crippen LogP contribution in [0.2, 0.25) is 0 Å². The van der Waals surface area contributed by atoms with Crippen molar-refractivity contribution in [2.75, 3.05) is 13.0 Å². The fourth-order valence-corrected chi connectivity index (χ4v) is 1.30. The van der Waals surface area contributed by atoms with Gasteiger partial charge in [-0.05, 0) is 24.3 Å². The summed E-state index contributed by atoms with van der Waals surface area (Å²) in [4.78, 5) is 4.18. The van der Waals surface area contributed by atoms with E-state index in [0.717, 1.165) is 12.1 Å². The topological polar surface area (TPSA) is 68.1 Å². The number of methoxy groups -OCH3 is 1. The van der Waals surface area contributed by atoms with Crippen molar-refractivity contribution in [1.82, 2.24) is 0 Å². The highest BCUT2D eigenvalue weighted by atomic mass is 32.2. The van der Waals surface area contributed by atoms with Gasteiger partial charge in [-0.25, -0.2) is 4.21 Å². The first-order valence-electron chi connectivity index (χ1n) is 4.83. The van der Waals surface area contributed by atoms with E-state index in [4.69, 9.17) is 9.29 Å². The Morgan fingerprint density at radius 1 is 1.37 bits per heavy atom. The zero-order valence-corrected chi connectivity index (χ0v) is 10.5. The summed E-state index contributed by atoms with van der Waals surface area (Å²) in [6.45, 7) is 0. The lowest BCUT2D eigenvalue weighted by Crippen LogP contribution is -2.24. The molecule has 0 amide bonds. The SMILES string of the molecule is COc1ccc(C(=NOCS(=O)O)C(F)(F)F)cc1. The van der Waals surface area contributed by atoms with Crippen molar-refractivity contribution in [3.05, 3.63) is 29.8 Å². The second kappa shape index (κ2) is 6.53. The predicted molar refractivity (Wildman–Crippen MR) is 62.3 cm³/mol. The summed E-state index contributed by atoms with van der Waals surface area (Å²) in [5, 5.41) is 2.86. The molecule has 19 heavy (non-hydrogen) atoms. The first-order chi connectivity index (χ1) is 8.84. The Morgan fingerprint density at radius 3 is 2.37 bits per heavy atom. The first kappa shape index (κ1) is 15.4. The fraction of sp³-hybridized carbons (Fsp3) is 0.300. The van der Waals surface area contributed by atoms with Crippen LogP contribution in [0.25, 0.3) is 0 Å². The van der Waals surface area contributed by atoms with Crippen molar-refractivity contribution < 1.29 is 31.5 Å². The van der Waals surface area contributed by atoms with E-state index in [1.807, 2.05) is 0 Å². The summed E-state index contributed by atoms with van der Waals surface area (Å²) in [7, 11) is 1.38. The van der Waals surface area contributed by atoms with E-state index in [-0.39, 0.29) is 5.56 Å². The van der Waals surface area contributed by atoms with Crippen LogP contribution in [-0.4, -0.2) is 33.7 Å². The Morgan fingerprint density at radius 2 is 1.95 bits per heavy atom. The average molecular weight is 297 g/mol. The van der Waals surface area contributed by atoms with Gasteiger partial charge in [0.25, 0.3) is 0 Å². The van der Waals surface area contributed by atoms with Crippen LogP contribution in [0.1, 0.15) is 5.56 Å². The number of hydrogen-bond donors (Lipinski definition) is 1. The van der Waals surface area contributed by atoms with Gasteiger partial charge in [0.2, 0.25) is 5.94 Å². The zero-order valence-electron chi connectivity index (χ0n) is 9.68. The molecule has 1 aromatic carbocycles. The van der Waals surface area contributed by atoms with Gasteiger partial charge in [0.15, 0.2) is 16.8 Å². The smallest absolute Gasteiger partial charge is 0.437 e. The molecule has 106 valence electrons. The molecule has 0 aliphatic rings. The summed E-state index contributed by atoms with van der Waals surface area (Å²) < 4.78 is 61.7. The predicted octanol–water partition coefficient (Wildman–Crippen LogP) is 2.16. The summed E-state index contributed by atoms with van der Waals surface area (Å²) in [6.07, 6.45) is -4.74. The van der Waals surface area contributed by atoms with Crippen molar-refractivity contribution in [2.24, 2.45) is 5.16 Å². The maximum atomic E-state index is 12.7. The summed E-state index contributed by atoms with van der Waals surface area (Å²) in [5.74, 6) is -0.446. The molecule has 0 aliphatic carbocycles. The molecule has 0 aliphatic heterocycles. The van der Waals surface area contributed by atoms with E-state index in [0.29, 0.717) is 5.75 Å². The summed E-state index contributed by atoms with van der Waals surface area (Å²) in [5.41, 5.74) is -1.53. The standard InChI is InChI=1S/C10H10F3NO4S/c1-17-8-4-2-7(3-5-8)9(10(11,12)13)14-18-6-19(15)16/h2-5H,6H2,1H3,(H,15,16). The van der Waals surface area contributed by atoms with Gasteiger partial charge < -0.3 is 14.1 Å². The molecule has 0 bridgehead atoms. The van der Waals surface area contributed by atoms with Crippen LogP contribution in [0.5, 0.6) is 5.75 Å². The van der Waals surface area contributed by atoms with Crippen molar-refractivity contribution in [3.63, 3.8) is 0 Å². The van der Waals surface area contributed by atoms with Crippen molar-refractivity contribution >= 4 is 16.8 Å². The molecule has 0 aromatic heterocycles. The van der Waals surface area contributed by atoms with Gasteiger partial charge in [-0.15, -0.1) is 0 Å². The third-order valence-corrected chi connectivity index (χ3v) is 2.25. The molecule has 9 heteroatoms. The second-order valence-electron chi connectivity index (χ2n) is 3.23. The molecule has 1 unspecified atom stereocenters. The molecule has 1 aromatic rings. The lowest BCUT2D eigenvalue weighted by atomic mass is 10.1. The van der Waals surface area contributed by atoms with E-state index >= 15 is 0 Å². The van der Waals surface area contributed by atoms with Gasteiger partial charge in [0, 0.05) is 5.56 Å². The van der Waals surface area contributed by atoms with Crippen LogP contribution in [0.4, 0.5) is 13.2 Å². The van der Waals surface area contributed by atoms with Crippen LogP contribution >= 0.6 is 0 Å². The summed E-state index contributed by atoms with van der Waals surface area (Å²) in [6, 6.07) is 4.98. The Labute approximate surface area is 109 Å². The van der Waals surface area contributed by atoms with Crippen LogP contribution in [0, 0.1) is 0 Å². The molecule has 0 saturated carbocycles. The fourth-order valence-electron chi connectivity index (χ4n) is 1.15. The van der Waals surface area contributed by atoms with Crippen molar-refractivity contribution in [3.8, 4) is 5.75 Å². The highest BCUT2D eigenvalue weighted by Gasteiger charge is 2.37. The highest BCUT2D eigenvalue weighted by molar-refractivity contribution is 7.79. The lowest BCUT2D eigenvalue weighted by Gasteiger charge is -2.10. The minimum Gasteiger partial charge on any atom is -0.497 e. The summed E-state index contributed by atoms with van der Waals surface area (Å²) >= 11 is -2.39. The first-order valence-corrected chi connectivity index (χ1v) is 6.11. The molecule has 1 N–H and O–H groups in total. The molecule has 0 spiro atoms. The van der Waals surface area contributed by atoms with Gasteiger partial charge in [-0.2, -0.15) is 13.2 Å². The second-order valence-corrected chi connectivity index (χ2v) is 4.11. The Bertz CT molecular complexity index is 473. The largest absolute Gasteiger partial charge is 0.497 e. The van der Waals surface area contributed by atoms with E-state index < -0.39 is 28.9 Å². The van der Waals surface area contributed by atoms with Crippen molar-refractivity contribution in [2.45, 2.75) is 6.18 Å². The maximum absolute atomic E-state index is 12.7. The van der Waals surface area contributed by atoms with Crippen LogP contribution in [-0.2, 0) is 15.9 Å². The van der Waals surface area contributed by atoms with Crippen molar-refractivity contribution in [1.29, 1.82) is 0 Å². The quantitative estimate of drug-likeness (QED) is 0.514. The number of oxime groups is 1. The van der Waals surface area contributed by atoms with Gasteiger partial charge in [0.05, 0.1) is 7.11 Å². The minimum absolute atomic E-state index is 0.239. The number of alkyl halides is 3. The maximum Gasteiger partial charge on any atom is 0.437 e. The molecule has 0 saturated heterocycles. The number of halogens is 3. The van der Waals surface area contributed by atoms with E-state index in [2.05, 4.69) is 9.99 Å². The zero-order chi connectivity index (χ0) is 14.5. The number of rotatable bonds is 5. The van der Waals surface area contributed by atoms with Gasteiger partial charge in [-0.1, -0.05) is 5.16 Å². The number of ether oxygens (including phenoxy) is 1. The molecule has 1 rings (SSSR count). The Kier molecular flexibility index (Phi) is 5.31. The van der Waals surface area contributed by atoms with Crippen LogP contribution in [0.15, 0.2) is 29.4 Å². The molecule has 0 fully saturated rings. The molecule has 0 heterocycles. The minimum atomic E-state index is -4.74. The lowest BCUT2D eigenvalue weighted by molar-refractivity contribution is -0.0610. The number of nitrogens with zero attached hydrogens (tertiary/aromatic N) is 1. The van der Waals surface area contributed by atoms with E-state index in [1.165, 1.54) is 19.2 Å². The van der Waals surface area contributed by atoms with E-state index in [1.54, 1.807) is 0 Å². The Hall–Kier alpha value is -1.61. The highest BCUT2D eigenvalue weighted by Crippen LogP contribution is 2.24. The molecule has 5 nitrogen and oxygen atoms in total. The van der Waals surface area contributed by atoms with Gasteiger partial charge in [0.1, 0.15) is 5.75 Å². The van der Waals surface area contributed by atoms with E-state index in [9.17, 15) is 17.4 Å². The molecular formula is C10H10F3NO4S. The van der Waals surface area contributed by atoms with Crippen LogP contribution in [0.3, 0.4) is 0 Å². The van der Waals surface area contributed by atoms with Gasteiger partial charge >= 0.3 is 6.18 Å². The monoisotopic (exact) mass is 297 g/mol. The third kappa shape index (κ3) is 4.87. The number of hydrogen-bond acceptors (Lipinski definition) is 4. The Balaban J connectivity index is 2.99. The normalized spacial score (nSPS) is 14.1. The number of benzene rings is 1. The third-order valence-electron chi connectivity index (χ3n) is 1.94. The van der Waals surface area contributed by atoms with Gasteiger partial charge in [-0.3, -0.25) is 0 Å². The average Bonchev–Trinajstić information content (AvgIpc) is 2.33. The van der Waals surface area contributed by atoms with Crippen LogP contribution < -0.4 is 4.74 Å². The molecule has 1 atom stereocenters.